The number of rotatable bonds is 6. The monoisotopic (exact) mass is 350 g/mol. The summed E-state index contributed by atoms with van der Waals surface area (Å²) in [6.45, 7) is 2.59. The zero-order valence-electron chi connectivity index (χ0n) is 14.5. The third-order valence-corrected chi connectivity index (χ3v) is 3.73. The van der Waals surface area contributed by atoms with Crippen LogP contribution in [0.15, 0.2) is 36.4 Å². The molecule has 0 aliphatic carbocycles. The Hall–Kier alpha value is -3.46. The highest BCUT2D eigenvalue weighted by atomic mass is 16.5. The molecule has 0 bridgehead atoms. The van der Waals surface area contributed by atoms with E-state index in [4.69, 9.17) is 20.6 Å². The maximum Gasteiger partial charge on any atom is 0.337 e. The second-order valence-corrected chi connectivity index (χ2v) is 5.39. The van der Waals surface area contributed by atoms with Crippen LogP contribution in [0.1, 0.15) is 17.3 Å². The van der Waals surface area contributed by atoms with Gasteiger partial charge in [0.25, 0.3) is 0 Å². The first-order valence-electron chi connectivity index (χ1n) is 8.07. The highest BCUT2D eigenvalue weighted by molar-refractivity contribution is 5.94. The Labute approximate surface area is 151 Å². The molecule has 0 saturated heterocycles. The predicted molar refractivity (Wildman–Crippen MR) is 98.4 cm³/mol. The van der Waals surface area contributed by atoms with Gasteiger partial charge in [0.2, 0.25) is 0 Å². The summed E-state index contributed by atoms with van der Waals surface area (Å²) in [4.78, 5) is 19.5. The van der Waals surface area contributed by atoms with Gasteiger partial charge >= 0.3 is 5.97 Å². The molecule has 0 fully saturated rings. The van der Waals surface area contributed by atoms with Crippen molar-refractivity contribution in [3.8, 4) is 35.2 Å². The summed E-state index contributed by atoms with van der Waals surface area (Å²) in [5.41, 5.74) is 2.71. The van der Waals surface area contributed by atoms with E-state index in [1.165, 1.54) is 7.11 Å². The fourth-order valence-electron chi connectivity index (χ4n) is 2.57. The number of aromatic amines is 1. The summed E-state index contributed by atoms with van der Waals surface area (Å²) in [7, 11) is 1.35. The number of nitrogens with one attached hydrogen (secondary N) is 1. The molecule has 1 aromatic heterocycles. The third-order valence-electron chi connectivity index (χ3n) is 3.73. The van der Waals surface area contributed by atoms with E-state index in [9.17, 15) is 4.79 Å². The Morgan fingerprint density at radius 1 is 1.23 bits per heavy atom. The van der Waals surface area contributed by atoms with Gasteiger partial charge in [-0.2, -0.15) is 0 Å². The van der Waals surface area contributed by atoms with Crippen molar-refractivity contribution < 1.29 is 19.0 Å². The van der Waals surface area contributed by atoms with Gasteiger partial charge in [-0.15, -0.1) is 6.42 Å². The number of hydrogen-bond acceptors (Lipinski definition) is 5. The summed E-state index contributed by atoms with van der Waals surface area (Å²) in [5.74, 6) is 3.92. The molecule has 0 atom stereocenters. The molecule has 0 radical (unpaired) electrons. The number of methoxy groups -OCH3 is 1. The van der Waals surface area contributed by atoms with Crippen molar-refractivity contribution in [2.75, 3.05) is 20.3 Å². The van der Waals surface area contributed by atoms with Crippen LogP contribution in [-0.2, 0) is 4.74 Å². The number of imidazole rings is 1. The van der Waals surface area contributed by atoms with E-state index in [0.717, 1.165) is 11.1 Å². The van der Waals surface area contributed by atoms with Crippen molar-refractivity contribution in [3.05, 3.63) is 42.0 Å². The highest BCUT2D eigenvalue weighted by Crippen LogP contribution is 2.33. The number of fused-ring (bicyclic) bond motifs is 1. The second-order valence-electron chi connectivity index (χ2n) is 5.39. The number of hydrogen-bond donors (Lipinski definition) is 1. The molecule has 6 nitrogen and oxygen atoms in total. The van der Waals surface area contributed by atoms with Gasteiger partial charge in [-0.3, -0.25) is 0 Å². The van der Waals surface area contributed by atoms with E-state index in [-0.39, 0.29) is 6.61 Å². The largest absolute Gasteiger partial charge is 0.493 e. The van der Waals surface area contributed by atoms with Gasteiger partial charge in [-0.05, 0) is 37.3 Å². The van der Waals surface area contributed by atoms with Gasteiger partial charge in [0, 0.05) is 6.07 Å². The van der Waals surface area contributed by atoms with Gasteiger partial charge in [-0.1, -0.05) is 5.92 Å². The van der Waals surface area contributed by atoms with Crippen LogP contribution in [0.5, 0.6) is 11.5 Å². The van der Waals surface area contributed by atoms with E-state index >= 15 is 0 Å². The molecule has 3 aromatic rings. The number of H-pyrrole nitrogens is 1. The van der Waals surface area contributed by atoms with Crippen molar-refractivity contribution in [2.45, 2.75) is 6.92 Å². The van der Waals surface area contributed by atoms with Crippen molar-refractivity contribution in [2.24, 2.45) is 0 Å². The van der Waals surface area contributed by atoms with Gasteiger partial charge < -0.3 is 19.2 Å². The Morgan fingerprint density at radius 2 is 2.08 bits per heavy atom. The average molecular weight is 350 g/mol. The van der Waals surface area contributed by atoms with Gasteiger partial charge in [0.05, 0.1) is 35.9 Å². The second kappa shape index (κ2) is 7.62. The summed E-state index contributed by atoms with van der Waals surface area (Å²) in [6.07, 6.45) is 5.23. The summed E-state index contributed by atoms with van der Waals surface area (Å²) >= 11 is 0. The normalized spacial score (nSPS) is 10.3. The first-order valence-corrected chi connectivity index (χ1v) is 8.07. The fraction of sp³-hybridized carbons (Fsp3) is 0.200. The molecular weight excluding hydrogens is 332 g/mol. The maximum atomic E-state index is 11.7. The lowest BCUT2D eigenvalue weighted by atomic mass is 10.2. The third kappa shape index (κ3) is 3.47. The molecule has 132 valence electrons. The molecule has 0 unspecified atom stereocenters. The van der Waals surface area contributed by atoms with Crippen LogP contribution in [0, 0.1) is 12.3 Å². The first kappa shape index (κ1) is 17.4. The molecule has 26 heavy (non-hydrogen) atoms. The number of benzene rings is 2. The van der Waals surface area contributed by atoms with Gasteiger partial charge in [0.15, 0.2) is 0 Å². The zero-order chi connectivity index (χ0) is 18.5. The van der Waals surface area contributed by atoms with Crippen molar-refractivity contribution in [1.29, 1.82) is 0 Å². The van der Waals surface area contributed by atoms with E-state index in [1.807, 2.05) is 19.1 Å². The van der Waals surface area contributed by atoms with Crippen molar-refractivity contribution >= 4 is 17.0 Å². The standard InChI is InChI=1S/C20H18N2O4/c1-4-10-26-14-7-8-15(18(12-14)25-5-2)19-21-16-9-6-13(20(23)24-3)11-17(16)22-19/h1,6-9,11-12H,5,10H2,2-3H3,(H,21,22). The minimum absolute atomic E-state index is 0.186. The number of carbonyl (C=O) groups excluding carboxylic acids is 1. The van der Waals surface area contributed by atoms with Gasteiger partial charge in [0.1, 0.15) is 23.9 Å². The van der Waals surface area contributed by atoms with E-state index < -0.39 is 5.97 Å². The number of esters is 1. The SMILES string of the molecule is C#CCOc1ccc(-c2nc3cc(C(=O)OC)ccc3[nH]2)c(OCC)c1. The Morgan fingerprint density at radius 3 is 2.81 bits per heavy atom. The van der Waals surface area contributed by atoms with Crippen molar-refractivity contribution in [3.63, 3.8) is 0 Å². The molecule has 6 heteroatoms. The van der Waals surface area contributed by atoms with Crippen LogP contribution in [0.3, 0.4) is 0 Å². The van der Waals surface area contributed by atoms with Crippen LogP contribution in [0.25, 0.3) is 22.4 Å². The Kier molecular flexibility index (Phi) is 5.09. The van der Waals surface area contributed by atoms with Crippen molar-refractivity contribution in [1.82, 2.24) is 9.97 Å². The number of carbonyl (C=O) groups is 1. The van der Waals surface area contributed by atoms with E-state index in [2.05, 4.69) is 15.9 Å². The van der Waals surface area contributed by atoms with Crippen LogP contribution in [0.4, 0.5) is 0 Å². The lowest BCUT2D eigenvalue weighted by molar-refractivity contribution is 0.0601. The van der Waals surface area contributed by atoms with E-state index in [1.54, 1.807) is 24.3 Å². The fourth-order valence-corrected chi connectivity index (χ4v) is 2.57. The topological polar surface area (TPSA) is 73.4 Å². The Balaban J connectivity index is 2.01. The predicted octanol–water partition coefficient (Wildman–Crippen LogP) is 3.43. The quantitative estimate of drug-likeness (QED) is 0.545. The molecule has 0 amide bonds. The average Bonchev–Trinajstić information content (AvgIpc) is 3.09. The van der Waals surface area contributed by atoms with Gasteiger partial charge in [-0.25, -0.2) is 9.78 Å². The molecule has 3 rings (SSSR count). The molecule has 0 aliphatic rings. The maximum absolute atomic E-state index is 11.7. The molecule has 0 saturated carbocycles. The number of ether oxygens (including phenoxy) is 3. The molecule has 1 N–H and O–H groups in total. The summed E-state index contributed by atoms with van der Waals surface area (Å²) < 4.78 is 15.9. The number of aromatic nitrogens is 2. The molecular formula is C20H18N2O4. The summed E-state index contributed by atoms with van der Waals surface area (Å²) in [5, 5.41) is 0. The van der Waals surface area contributed by atoms with Crippen LogP contribution >= 0.6 is 0 Å². The zero-order valence-corrected chi connectivity index (χ0v) is 14.5. The smallest absolute Gasteiger partial charge is 0.337 e. The highest BCUT2D eigenvalue weighted by Gasteiger charge is 2.14. The molecule has 2 aromatic carbocycles. The lowest BCUT2D eigenvalue weighted by Crippen LogP contribution is -2.00. The lowest BCUT2D eigenvalue weighted by Gasteiger charge is -2.10. The van der Waals surface area contributed by atoms with Crippen LogP contribution < -0.4 is 9.47 Å². The minimum atomic E-state index is -0.401. The van der Waals surface area contributed by atoms with Crippen LogP contribution in [0.2, 0.25) is 0 Å². The molecule has 1 heterocycles. The minimum Gasteiger partial charge on any atom is -0.493 e. The van der Waals surface area contributed by atoms with E-state index in [0.29, 0.717) is 35.0 Å². The molecule has 0 aliphatic heterocycles. The number of nitrogens with zero attached hydrogens (tertiary/aromatic N) is 1. The first-order chi connectivity index (χ1) is 12.7. The number of terminal acetylenes is 1. The molecule has 0 spiro atoms. The summed E-state index contributed by atoms with van der Waals surface area (Å²) in [6, 6.07) is 10.6. The Bertz CT molecular complexity index is 985. The van der Waals surface area contributed by atoms with Crippen LogP contribution in [-0.4, -0.2) is 36.3 Å².